The molecule has 2 aromatic carbocycles. The van der Waals surface area contributed by atoms with Gasteiger partial charge in [-0.25, -0.2) is 0 Å². The standard InChI is InChI=1S/C31H40N4O7/c1-22(11-16-27(38)34-21-37)35-30(40)25-9-8-10-26(29(25)31(35)41)32-17-6-4-2-3-5-7-18-33-28(39)20-42-24-14-12-23(19-36)13-15-24/h8-10,12-15,21-22,32,36H,2-7,11,16-20H2,1H3,(H,33,39)(H,34,37,38). The first kappa shape index (κ1) is 32.3. The molecule has 1 atom stereocenters. The number of carbonyl (C=O) groups excluding carboxylic acids is 5. The molecule has 1 aliphatic rings. The van der Waals surface area contributed by atoms with E-state index in [2.05, 4.69) is 16.0 Å². The molecule has 3 rings (SSSR count). The Bertz CT molecular complexity index is 1230. The third kappa shape index (κ3) is 9.41. The van der Waals surface area contributed by atoms with Crippen molar-refractivity contribution in [2.24, 2.45) is 0 Å². The molecule has 11 heteroatoms. The molecule has 0 aliphatic carbocycles. The number of aliphatic hydroxyl groups is 1. The van der Waals surface area contributed by atoms with Gasteiger partial charge in [-0.1, -0.05) is 43.9 Å². The Kier molecular flexibility index (Phi) is 13.0. The van der Waals surface area contributed by atoms with Crippen molar-refractivity contribution in [2.45, 2.75) is 70.9 Å². The molecule has 2 aromatic rings. The number of nitrogens with zero attached hydrogens (tertiary/aromatic N) is 1. The molecule has 1 unspecified atom stereocenters. The van der Waals surface area contributed by atoms with Crippen LogP contribution in [0.25, 0.3) is 0 Å². The molecule has 226 valence electrons. The van der Waals surface area contributed by atoms with Crippen molar-refractivity contribution in [1.29, 1.82) is 0 Å². The number of hydrogen-bond donors (Lipinski definition) is 4. The molecular weight excluding hydrogens is 540 g/mol. The zero-order valence-electron chi connectivity index (χ0n) is 24.0. The van der Waals surface area contributed by atoms with Gasteiger partial charge in [0.25, 0.3) is 17.7 Å². The number of ether oxygens (including phenoxy) is 1. The smallest absolute Gasteiger partial charge is 0.263 e. The van der Waals surface area contributed by atoms with E-state index in [1.807, 2.05) is 0 Å². The number of rotatable bonds is 19. The van der Waals surface area contributed by atoms with E-state index in [-0.39, 0.29) is 43.8 Å². The molecule has 42 heavy (non-hydrogen) atoms. The van der Waals surface area contributed by atoms with Crippen molar-refractivity contribution in [3.05, 3.63) is 59.2 Å². The summed E-state index contributed by atoms with van der Waals surface area (Å²) in [5.74, 6) is -0.789. The fourth-order valence-electron chi connectivity index (χ4n) is 4.76. The fourth-order valence-corrected chi connectivity index (χ4v) is 4.76. The summed E-state index contributed by atoms with van der Waals surface area (Å²) >= 11 is 0. The number of imide groups is 2. The minimum Gasteiger partial charge on any atom is -0.484 e. The van der Waals surface area contributed by atoms with Crippen LogP contribution >= 0.6 is 0 Å². The van der Waals surface area contributed by atoms with Gasteiger partial charge in [0.1, 0.15) is 5.75 Å². The summed E-state index contributed by atoms with van der Waals surface area (Å²) < 4.78 is 5.45. The van der Waals surface area contributed by atoms with Gasteiger partial charge in [0.15, 0.2) is 6.61 Å². The van der Waals surface area contributed by atoms with Crippen LogP contribution in [-0.2, 0) is 21.0 Å². The van der Waals surface area contributed by atoms with Gasteiger partial charge in [-0.05, 0) is 56.0 Å². The lowest BCUT2D eigenvalue weighted by Gasteiger charge is -2.22. The van der Waals surface area contributed by atoms with Crippen molar-refractivity contribution in [3.8, 4) is 5.75 Å². The van der Waals surface area contributed by atoms with Crippen LogP contribution in [0.1, 0.15) is 84.6 Å². The van der Waals surface area contributed by atoms with Crippen molar-refractivity contribution in [1.82, 2.24) is 15.5 Å². The average molecular weight is 581 g/mol. The number of amides is 5. The summed E-state index contributed by atoms with van der Waals surface area (Å²) in [5, 5.41) is 17.3. The number of anilines is 1. The average Bonchev–Trinajstić information content (AvgIpc) is 3.26. The summed E-state index contributed by atoms with van der Waals surface area (Å²) in [7, 11) is 0. The van der Waals surface area contributed by atoms with Gasteiger partial charge >= 0.3 is 0 Å². The van der Waals surface area contributed by atoms with Crippen LogP contribution in [0, 0.1) is 0 Å². The molecule has 5 amide bonds. The summed E-state index contributed by atoms with van der Waals surface area (Å²) in [4.78, 5) is 61.2. The molecule has 0 radical (unpaired) electrons. The largest absolute Gasteiger partial charge is 0.484 e. The highest BCUT2D eigenvalue weighted by molar-refractivity contribution is 6.24. The zero-order chi connectivity index (χ0) is 30.3. The van der Waals surface area contributed by atoms with Crippen LogP contribution in [0.3, 0.4) is 0 Å². The van der Waals surface area contributed by atoms with E-state index in [0.717, 1.165) is 44.1 Å². The molecular formula is C31H40N4O7. The molecule has 0 bridgehead atoms. The lowest BCUT2D eigenvalue weighted by Crippen LogP contribution is -2.38. The number of hydrogen-bond acceptors (Lipinski definition) is 8. The Morgan fingerprint density at radius 2 is 1.62 bits per heavy atom. The van der Waals surface area contributed by atoms with E-state index in [0.29, 0.717) is 42.1 Å². The molecule has 0 aromatic heterocycles. The second kappa shape index (κ2) is 16.9. The maximum atomic E-state index is 13.1. The van der Waals surface area contributed by atoms with Gasteiger partial charge in [-0.15, -0.1) is 0 Å². The molecule has 1 aliphatic heterocycles. The highest BCUT2D eigenvalue weighted by Crippen LogP contribution is 2.31. The molecule has 4 N–H and O–H groups in total. The van der Waals surface area contributed by atoms with Crippen LogP contribution in [0.5, 0.6) is 5.75 Å². The summed E-state index contributed by atoms with van der Waals surface area (Å²) in [6.45, 7) is 2.90. The molecule has 0 fully saturated rings. The predicted octanol–water partition coefficient (Wildman–Crippen LogP) is 3.16. The van der Waals surface area contributed by atoms with Gasteiger partial charge in [0.2, 0.25) is 12.3 Å². The third-order valence-corrected chi connectivity index (χ3v) is 7.11. The number of aliphatic hydroxyl groups excluding tert-OH is 1. The zero-order valence-corrected chi connectivity index (χ0v) is 24.0. The number of nitrogens with one attached hydrogen (secondary N) is 3. The molecule has 11 nitrogen and oxygen atoms in total. The Morgan fingerprint density at radius 3 is 2.31 bits per heavy atom. The van der Waals surface area contributed by atoms with Crippen LogP contribution in [0.2, 0.25) is 0 Å². The van der Waals surface area contributed by atoms with E-state index in [1.165, 1.54) is 4.90 Å². The van der Waals surface area contributed by atoms with Crippen LogP contribution in [0.15, 0.2) is 42.5 Å². The molecule has 0 saturated carbocycles. The van der Waals surface area contributed by atoms with Crippen molar-refractivity contribution < 1.29 is 33.8 Å². The lowest BCUT2D eigenvalue weighted by molar-refractivity contribution is -0.125. The highest BCUT2D eigenvalue weighted by Gasteiger charge is 2.40. The monoisotopic (exact) mass is 580 g/mol. The van der Waals surface area contributed by atoms with E-state index in [4.69, 9.17) is 9.84 Å². The Hall–Kier alpha value is -4.25. The summed E-state index contributed by atoms with van der Waals surface area (Å²) in [6, 6.07) is 11.6. The highest BCUT2D eigenvalue weighted by atomic mass is 16.5. The second-order valence-electron chi connectivity index (χ2n) is 10.3. The Morgan fingerprint density at radius 1 is 0.929 bits per heavy atom. The summed E-state index contributed by atoms with van der Waals surface area (Å²) in [5.41, 5.74) is 2.12. The Balaban J connectivity index is 1.28. The number of fused-ring (bicyclic) bond motifs is 1. The fraction of sp³-hybridized carbons (Fsp3) is 0.452. The predicted molar refractivity (Wildman–Crippen MR) is 157 cm³/mol. The normalized spacial score (nSPS) is 13.0. The van der Waals surface area contributed by atoms with Crippen molar-refractivity contribution >= 4 is 35.7 Å². The topological polar surface area (TPSA) is 154 Å². The van der Waals surface area contributed by atoms with E-state index in [9.17, 15) is 24.0 Å². The quantitative estimate of drug-likeness (QED) is 0.112. The van der Waals surface area contributed by atoms with Crippen LogP contribution in [0.4, 0.5) is 5.69 Å². The lowest BCUT2D eigenvalue weighted by atomic mass is 10.1. The van der Waals surface area contributed by atoms with E-state index in [1.54, 1.807) is 49.4 Å². The first-order chi connectivity index (χ1) is 20.3. The van der Waals surface area contributed by atoms with Gasteiger partial charge < -0.3 is 20.5 Å². The summed E-state index contributed by atoms with van der Waals surface area (Å²) in [6.07, 6.45) is 6.52. The van der Waals surface area contributed by atoms with Gasteiger partial charge in [0.05, 0.1) is 17.7 Å². The maximum absolute atomic E-state index is 13.1. The van der Waals surface area contributed by atoms with Crippen molar-refractivity contribution in [2.75, 3.05) is 25.0 Å². The first-order valence-corrected chi connectivity index (χ1v) is 14.4. The van der Waals surface area contributed by atoms with Crippen molar-refractivity contribution in [3.63, 3.8) is 0 Å². The first-order valence-electron chi connectivity index (χ1n) is 14.4. The molecule has 0 spiro atoms. The van der Waals surface area contributed by atoms with Gasteiger partial charge in [-0.2, -0.15) is 0 Å². The SMILES string of the molecule is CC(CCC(=O)NC=O)N1C(=O)c2cccc(NCCCCCCCCNC(=O)COc3ccc(CO)cc3)c2C1=O. The number of unbranched alkanes of at least 4 members (excludes halogenated alkanes) is 5. The van der Waals surface area contributed by atoms with E-state index >= 15 is 0 Å². The third-order valence-electron chi connectivity index (χ3n) is 7.11. The second-order valence-corrected chi connectivity index (χ2v) is 10.3. The number of carbonyl (C=O) groups is 5. The Labute approximate surface area is 246 Å². The maximum Gasteiger partial charge on any atom is 0.263 e. The van der Waals surface area contributed by atoms with E-state index < -0.39 is 11.9 Å². The van der Waals surface area contributed by atoms with Gasteiger partial charge in [-0.3, -0.25) is 34.2 Å². The minimum atomic E-state index is -0.486. The van der Waals surface area contributed by atoms with Crippen LogP contribution < -0.4 is 20.7 Å². The molecule has 0 saturated heterocycles. The van der Waals surface area contributed by atoms with Gasteiger partial charge in [0, 0.05) is 31.2 Å². The minimum absolute atomic E-state index is 0.0324. The number of benzene rings is 2. The molecule has 1 heterocycles. The van der Waals surface area contributed by atoms with Crippen LogP contribution in [-0.4, -0.2) is 65.8 Å².